The molecule has 0 amide bonds. The van der Waals surface area contributed by atoms with Gasteiger partial charge in [-0.25, -0.2) is 4.68 Å². The number of nitrogens with zero attached hydrogens (tertiary/aromatic N) is 5. The molecule has 0 spiro atoms. The molecule has 1 aliphatic heterocycles. The lowest BCUT2D eigenvalue weighted by atomic mass is 10.2. The van der Waals surface area contributed by atoms with E-state index in [1.165, 1.54) is 0 Å². The molecule has 2 aromatic heterocycles. The van der Waals surface area contributed by atoms with Crippen LogP contribution in [0, 0.1) is 0 Å². The van der Waals surface area contributed by atoms with Crippen LogP contribution in [0.3, 0.4) is 0 Å². The van der Waals surface area contributed by atoms with Crippen molar-refractivity contribution in [1.29, 1.82) is 0 Å². The molecule has 0 saturated heterocycles. The summed E-state index contributed by atoms with van der Waals surface area (Å²) >= 11 is 0. The first-order valence-corrected chi connectivity index (χ1v) is 8.18. The SMILES string of the molecule is c1ccc(-n2ncc3c(Nc4ccc5c(c4)OCCO5)nnnc32)cc1. The fourth-order valence-corrected chi connectivity index (χ4v) is 2.88. The molecule has 3 heterocycles. The van der Waals surface area contributed by atoms with E-state index in [2.05, 4.69) is 25.8 Å². The fourth-order valence-electron chi connectivity index (χ4n) is 2.88. The normalized spacial score (nSPS) is 12.9. The number of aromatic nitrogens is 5. The third kappa shape index (κ3) is 2.48. The van der Waals surface area contributed by atoms with Crippen molar-refractivity contribution in [3.63, 3.8) is 0 Å². The van der Waals surface area contributed by atoms with Crippen LogP contribution in [0.25, 0.3) is 16.7 Å². The van der Waals surface area contributed by atoms with Crippen LogP contribution in [0.4, 0.5) is 11.5 Å². The van der Waals surface area contributed by atoms with Crippen molar-refractivity contribution in [1.82, 2.24) is 25.2 Å². The summed E-state index contributed by atoms with van der Waals surface area (Å²) in [5.41, 5.74) is 2.36. The lowest BCUT2D eigenvalue weighted by molar-refractivity contribution is 0.171. The molecule has 128 valence electrons. The van der Waals surface area contributed by atoms with Crippen molar-refractivity contribution in [3.05, 3.63) is 54.7 Å². The lowest BCUT2D eigenvalue weighted by Gasteiger charge is -2.19. The van der Waals surface area contributed by atoms with Gasteiger partial charge in [0.25, 0.3) is 0 Å². The van der Waals surface area contributed by atoms with Gasteiger partial charge in [-0.3, -0.25) is 0 Å². The Morgan fingerprint density at radius 2 is 1.77 bits per heavy atom. The van der Waals surface area contributed by atoms with Gasteiger partial charge in [-0.05, 0) is 29.5 Å². The Hall–Kier alpha value is -3.68. The van der Waals surface area contributed by atoms with Gasteiger partial charge in [-0.15, -0.1) is 10.2 Å². The predicted octanol–water partition coefficient (Wildman–Crippen LogP) is 2.73. The van der Waals surface area contributed by atoms with Gasteiger partial charge in [-0.2, -0.15) is 5.10 Å². The fraction of sp³-hybridized carbons (Fsp3) is 0.111. The van der Waals surface area contributed by atoms with Crippen LogP contribution in [0.2, 0.25) is 0 Å². The molecular formula is C18H14N6O2. The average molecular weight is 346 g/mol. The number of anilines is 2. The molecule has 0 unspecified atom stereocenters. The summed E-state index contributed by atoms with van der Waals surface area (Å²) in [4.78, 5) is 0. The van der Waals surface area contributed by atoms with Gasteiger partial charge in [-0.1, -0.05) is 18.2 Å². The van der Waals surface area contributed by atoms with E-state index in [4.69, 9.17) is 9.47 Å². The largest absolute Gasteiger partial charge is 0.486 e. The minimum Gasteiger partial charge on any atom is -0.486 e. The van der Waals surface area contributed by atoms with Crippen LogP contribution >= 0.6 is 0 Å². The smallest absolute Gasteiger partial charge is 0.190 e. The summed E-state index contributed by atoms with van der Waals surface area (Å²) in [6.07, 6.45) is 1.73. The zero-order valence-corrected chi connectivity index (χ0v) is 13.7. The Morgan fingerprint density at radius 3 is 2.65 bits per heavy atom. The first-order valence-electron chi connectivity index (χ1n) is 8.18. The Morgan fingerprint density at radius 1 is 0.923 bits per heavy atom. The number of fused-ring (bicyclic) bond motifs is 2. The first kappa shape index (κ1) is 14.6. The van der Waals surface area contributed by atoms with Gasteiger partial charge in [0.05, 0.1) is 17.3 Å². The number of para-hydroxylation sites is 1. The van der Waals surface area contributed by atoms with Gasteiger partial charge in [0.2, 0.25) is 0 Å². The molecule has 4 aromatic rings. The molecule has 8 heteroatoms. The topological polar surface area (TPSA) is 87.0 Å². The van der Waals surface area contributed by atoms with Gasteiger partial charge in [0.15, 0.2) is 23.0 Å². The van der Waals surface area contributed by atoms with Crippen molar-refractivity contribution in [2.24, 2.45) is 0 Å². The number of nitrogens with one attached hydrogen (secondary N) is 1. The monoisotopic (exact) mass is 346 g/mol. The molecule has 5 rings (SSSR count). The number of hydrogen-bond acceptors (Lipinski definition) is 7. The summed E-state index contributed by atoms with van der Waals surface area (Å²) in [5.74, 6) is 2.03. The van der Waals surface area contributed by atoms with Crippen LogP contribution in [0.1, 0.15) is 0 Å². The zero-order chi connectivity index (χ0) is 17.3. The molecule has 0 saturated carbocycles. The minimum atomic E-state index is 0.541. The lowest BCUT2D eigenvalue weighted by Crippen LogP contribution is -2.15. The Labute approximate surface area is 148 Å². The molecule has 26 heavy (non-hydrogen) atoms. The zero-order valence-electron chi connectivity index (χ0n) is 13.7. The Bertz CT molecular complexity index is 1080. The van der Waals surface area contributed by atoms with E-state index in [-0.39, 0.29) is 0 Å². The summed E-state index contributed by atoms with van der Waals surface area (Å²) in [6, 6.07) is 15.4. The molecule has 2 aromatic carbocycles. The van der Waals surface area contributed by atoms with E-state index in [9.17, 15) is 0 Å². The molecule has 1 N–H and O–H groups in total. The van der Waals surface area contributed by atoms with Crippen molar-refractivity contribution in [2.45, 2.75) is 0 Å². The van der Waals surface area contributed by atoms with E-state index in [1.54, 1.807) is 10.9 Å². The van der Waals surface area contributed by atoms with Gasteiger partial charge in [0, 0.05) is 11.8 Å². The van der Waals surface area contributed by atoms with Crippen molar-refractivity contribution >= 4 is 22.5 Å². The number of benzene rings is 2. The minimum absolute atomic E-state index is 0.541. The highest BCUT2D eigenvalue weighted by Crippen LogP contribution is 2.34. The maximum atomic E-state index is 5.62. The van der Waals surface area contributed by atoms with Gasteiger partial charge < -0.3 is 14.8 Å². The highest BCUT2D eigenvalue weighted by atomic mass is 16.6. The standard InChI is InChI=1S/C18H14N6O2/c1-2-4-13(5-3-1)24-18-14(11-19-24)17(21-23-22-18)20-12-6-7-15-16(10-12)26-9-8-25-15/h1-7,10-11H,8-9H2,(H,20,21,22). The predicted molar refractivity (Wildman–Crippen MR) is 95.2 cm³/mol. The number of rotatable bonds is 3. The Kier molecular flexibility index (Phi) is 3.38. The van der Waals surface area contributed by atoms with Crippen LogP contribution in [-0.4, -0.2) is 38.4 Å². The number of ether oxygens (including phenoxy) is 2. The second-order valence-corrected chi connectivity index (χ2v) is 5.75. The summed E-state index contributed by atoms with van der Waals surface area (Å²) < 4.78 is 12.9. The molecule has 0 fully saturated rings. The van der Waals surface area contributed by atoms with E-state index >= 15 is 0 Å². The van der Waals surface area contributed by atoms with Crippen molar-refractivity contribution in [2.75, 3.05) is 18.5 Å². The van der Waals surface area contributed by atoms with Gasteiger partial charge >= 0.3 is 0 Å². The highest BCUT2D eigenvalue weighted by Gasteiger charge is 2.15. The third-order valence-corrected chi connectivity index (χ3v) is 4.09. The second kappa shape index (κ2) is 5.99. The molecule has 0 aliphatic carbocycles. The summed E-state index contributed by atoms with van der Waals surface area (Å²) in [5, 5.41) is 20.6. The molecule has 8 nitrogen and oxygen atoms in total. The van der Waals surface area contributed by atoms with E-state index in [0.717, 1.165) is 22.5 Å². The maximum Gasteiger partial charge on any atom is 0.190 e. The molecule has 1 aliphatic rings. The van der Waals surface area contributed by atoms with Crippen molar-refractivity contribution in [3.8, 4) is 17.2 Å². The van der Waals surface area contributed by atoms with Gasteiger partial charge in [0.1, 0.15) is 13.2 Å². The molecular weight excluding hydrogens is 332 g/mol. The van der Waals surface area contributed by atoms with E-state index in [0.29, 0.717) is 30.4 Å². The molecule has 0 atom stereocenters. The molecule has 0 radical (unpaired) electrons. The van der Waals surface area contributed by atoms with Crippen LogP contribution in [0.15, 0.2) is 54.7 Å². The second-order valence-electron chi connectivity index (χ2n) is 5.75. The van der Waals surface area contributed by atoms with E-state index in [1.807, 2.05) is 48.5 Å². The van der Waals surface area contributed by atoms with E-state index < -0.39 is 0 Å². The summed E-state index contributed by atoms with van der Waals surface area (Å²) in [7, 11) is 0. The quantitative estimate of drug-likeness (QED) is 0.610. The average Bonchev–Trinajstić information content (AvgIpc) is 3.14. The van der Waals surface area contributed by atoms with Crippen molar-refractivity contribution < 1.29 is 9.47 Å². The third-order valence-electron chi connectivity index (χ3n) is 4.09. The molecule has 0 bridgehead atoms. The Balaban J connectivity index is 1.53. The van der Waals surface area contributed by atoms with Crippen LogP contribution < -0.4 is 14.8 Å². The first-order chi connectivity index (χ1) is 12.9. The highest BCUT2D eigenvalue weighted by molar-refractivity contribution is 5.88. The maximum absolute atomic E-state index is 5.62. The van der Waals surface area contributed by atoms with Crippen LogP contribution in [-0.2, 0) is 0 Å². The summed E-state index contributed by atoms with van der Waals surface area (Å²) in [6.45, 7) is 1.11. The number of hydrogen-bond donors (Lipinski definition) is 1. The van der Waals surface area contributed by atoms with Crippen LogP contribution in [0.5, 0.6) is 11.5 Å².